The molecule has 0 spiro atoms. The zero-order valence-electron chi connectivity index (χ0n) is 7.09. The minimum Gasteiger partial charge on any atom is -0.390 e. The van der Waals surface area contributed by atoms with Gasteiger partial charge in [-0.1, -0.05) is 6.58 Å². The summed E-state index contributed by atoms with van der Waals surface area (Å²) in [5.74, 6) is -1.38. The summed E-state index contributed by atoms with van der Waals surface area (Å²) in [6, 6.07) is 0. The van der Waals surface area contributed by atoms with E-state index in [1.54, 1.807) is 13.0 Å². The van der Waals surface area contributed by atoms with Crippen LogP contribution in [0.25, 0.3) is 0 Å². The first kappa shape index (κ1) is 10.4. The van der Waals surface area contributed by atoms with Crippen LogP contribution in [0.3, 0.4) is 0 Å². The monoisotopic (exact) mass is 166 g/mol. The molecule has 0 radical (unpaired) electrons. The second kappa shape index (κ2) is 5.10. The molecule has 12 heavy (non-hydrogen) atoms. The lowest BCUT2D eigenvalue weighted by atomic mass is 10.3. The lowest BCUT2D eigenvalue weighted by Crippen LogP contribution is -2.09. The summed E-state index contributed by atoms with van der Waals surface area (Å²) in [6.07, 6.45) is 2.97. The lowest BCUT2D eigenvalue weighted by molar-refractivity contribution is -0.154. The van der Waals surface area contributed by atoms with Gasteiger partial charge in [0.25, 0.3) is 0 Å². The number of hydrogen-bond donors (Lipinski definition) is 0. The average Bonchev–Trinajstić information content (AvgIpc) is 1.98. The summed E-state index contributed by atoms with van der Waals surface area (Å²) in [5.41, 5.74) is 2.74. The predicted molar refractivity (Wildman–Crippen MR) is 44.2 cm³/mol. The molecule has 0 N–H and O–H groups in total. The third-order valence-corrected chi connectivity index (χ3v) is 0.923. The molecular weight excluding hydrogens is 156 g/mol. The first-order chi connectivity index (χ1) is 5.57. The summed E-state index contributed by atoms with van der Waals surface area (Å²) >= 11 is 0. The van der Waals surface area contributed by atoms with Crippen molar-refractivity contribution in [2.45, 2.75) is 13.8 Å². The average molecular weight is 166 g/mol. The third-order valence-electron chi connectivity index (χ3n) is 0.923. The summed E-state index contributed by atoms with van der Waals surface area (Å²) < 4.78 is 4.25. The Morgan fingerprint density at radius 1 is 1.50 bits per heavy atom. The highest BCUT2D eigenvalue weighted by Crippen LogP contribution is 1.95. The van der Waals surface area contributed by atoms with Crippen LogP contribution in [0.1, 0.15) is 13.8 Å². The fourth-order valence-corrected chi connectivity index (χ4v) is 0.439. The van der Waals surface area contributed by atoms with E-state index in [0.29, 0.717) is 0 Å². The van der Waals surface area contributed by atoms with E-state index in [1.165, 1.54) is 6.08 Å². The van der Waals surface area contributed by atoms with Gasteiger partial charge in [0.2, 0.25) is 0 Å². The normalized spacial score (nSPS) is 7.83. The van der Waals surface area contributed by atoms with Gasteiger partial charge in [-0.05, 0) is 19.1 Å². The van der Waals surface area contributed by atoms with Crippen molar-refractivity contribution in [3.05, 3.63) is 30.0 Å². The van der Waals surface area contributed by atoms with Crippen molar-refractivity contribution in [2.24, 2.45) is 0 Å². The molecule has 0 atom stereocenters. The number of ether oxygens (including phenoxy) is 1. The molecule has 0 aliphatic heterocycles. The second-order valence-electron chi connectivity index (χ2n) is 2.01. The molecule has 0 bridgehead atoms. The van der Waals surface area contributed by atoms with Gasteiger partial charge in [-0.2, -0.15) is 0 Å². The van der Waals surface area contributed by atoms with Crippen LogP contribution in [0.5, 0.6) is 0 Å². The summed E-state index contributed by atoms with van der Waals surface area (Å²) in [7, 11) is 0. The smallest absolute Gasteiger partial charge is 0.345 e. The Morgan fingerprint density at radius 2 is 2.08 bits per heavy atom. The van der Waals surface area contributed by atoms with Crippen LogP contribution < -0.4 is 0 Å². The molecule has 64 valence electrons. The summed E-state index contributed by atoms with van der Waals surface area (Å²) in [5, 5.41) is 0. The van der Waals surface area contributed by atoms with Crippen LogP contribution >= 0.6 is 0 Å². The quantitative estimate of drug-likeness (QED) is 0.204. The van der Waals surface area contributed by atoms with Crippen molar-refractivity contribution in [3.63, 3.8) is 0 Å². The van der Waals surface area contributed by atoms with Crippen LogP contribution in [-0.4, -0.2) is 11.9 Å². The van der Waals surface area contributed by atoms with Crippen molar-refractivity contribution in [1.29, 1.82) is 0 Å². The van der Waals surface area contributed by atoms with Crippen LogP contribution in [0.2, 0.25) is 0 Å². The molecule has 3 nitrogen and oxygen atoms in total. The van der Waals surface area contributed by atoms with E-state index >= 15 is 0 Å². The number of esters is 2. The van der Waals surface area contributed by atoms with E-state index in [1.807, 2.05) is 0 Å². The van der Waals surface area contributed by atoms with E-state index in [9.17, 15) is 9.59 Å². The Balaban J connectivity index is 4.21. The minimum absolute atomic E-state index is 0.100. The fourth-order valence-electron chi connectivity index (χ4n) is 0.439. The van der Waals surface area contributed by atoms with Gasteiger partial charge in [-0.25, -0.2) is 4.79 Å². The van der Waals surface area contributed by atoms with Gasteiger partial charge in [-0.3, -0.25) is 4.79 Å². The first-order valence-corrected chi connectivity index (χ1v) is 3.36. The first-order valence-electron chi connectivity index (χ1n) is 3.36. The van der Waals surface area contributed by atoms with Gasteiger partial charge in [0, 0.05) is 6.92 Å². The van der Waals surface area contributed by atoms with Gasteiger partial charge in [-0.15, -0.1) is 5.73 Å². The number of carbonyl (C=O) groups is 2. The fraction of sp³-hybridized carbons (Fsp3) is 0.222. The molecule has 0 amide bonds. The van der Waals surface area contributed by atoms with Gasteiger partial charge < -0.3 is 4.74 Å². The SMILES string of the molecule is C=C(C=C=CC)C(=O)OC(C)=O. The van der Waals surface area contributed by atoms with Crippen LogP contribution in [0.4, 0.5) is 0 Å². The molecule has 0 heterocycles. The van der Waals surface area contributed by atoms with Gasteiger partial charge in [0.05, 0.1) is 5.57 Å². The van der Waals surface area contributed by atoms with Crippen molar-refractivity contribution in [3.8, 4) is 0 Å². The number of carbonyl (C=O) groups excluding carboxylic acids is 2. The molecule has 0 aromatic rings. The highest BCUT2D eigenvalue weighted by Gasteiger charge is 2.06. The Kier molecular flexibility index (Phi) is 4.42. The van der Waals surface area contributed by atoms with Gasteiger partial charge in [0.15, 0.2) is 0 Å². The Labute approximate surface area is 71.0 Å². The molecular formula is C9H10O3. The van der Waals surface area contributed by atoms with Crippen molar-refractivity contribution in [2.75, 3.05) is 0 Å². The zero-order chi connectivity index (χ0) is 9.56. The molecule has 0 aliphatic carbocycles. The van der Waals surface area contributed by atoms with E-state index in [4.69, 9.17) is 0 Å². The zero-order valence-corrected chi connectivity index (χ0v) is 7.09. The lowest BCUT2D eigenvalue weighted by Gasteiger charge is -1.96. The highest BCUT2D eigenvalue weighted by molar-refractivity contribution is 5.97. The topological polar surface area (TPSA) is 43.4 Å². The largest absolute Gasteiger partial charge is 0.390 e. The number of rotatable bonds is 2. The van der Waals surface area contributed by atoms with Crippen LogP contribution in [0.15, 0.2) is 30.0 Å². The third kappa shape index (κ3) is 4.25. The van der Waals surface area contributed by atoms with E-state index in [2.05, 4.69) is 17.0 Å². The van der Waals surface area contributed by atoms with Gasteiger partial charge >= 0.3 is 11.9 Å². The molecule has 0 saturated heterocycles. The molecule has 0 fully saturated rings. The Bertz CT molecular complexity index is 267. The molecule has 3 heteroatoms. The van der Waals surface area contributed by atoms with E-state index < -0.39 is 11.9 Å². The number of hydrogen-bond acceptors (Lipinski definition) is 3. The second-order valence-corrected chi connectivity index (χ2v) is 2.01. The minimum atomic E-state index is -0.739. The van der Waals surface area contributed by atoms with Crippen molar-refractivity contribution >= 4 is 11.9 Å². The molecule has 0 saturated carbocycles. The summed E-state index contributed by atoms with van der Waals surface area (Å²) in [4.78, 5) is 21.1. The van der Waals surface area contributed by atoms with E-state index in [-0.39, 0.29) is 5.57 Å². The van der Waals surface area contributed by atoms with Crippen molar-refractivity contribution < 1.29 is 14.3 Å². The molecule has 0 aromatic carbocycles. The Hall–Kier alpha value is -1.60. The Morgan fingerprint density at radius 3 is 2.50 bits per heavy atom. The van der Waals surface area contributed by atoms with Gasteiger partial charge in [0.1, 0.15) is 0 Å². The van der Waals surface area contributed by atoms with Crippen LogP contribution in [0, 0.1) is 0 Å². The van der Waals surface area contributed by atoms with Crippen LogP contribution in [-0.2, 0) is 14.3 Å². The highest BCUT2D eigenvalue weighted by atomic mass is 16.6. The van der Waals surface area contributed by atoms with Crippen molar-refractivity contribution in [1.82, 2.24) is 0 Å². The summed E-state index contributed by atoms with van der Waals surface area (Å²) in [6.45, 7) is 6.29. The maximum atomic E-state index is 10.8. The standard InChI is InChI=1S/C9H10O3/c1-4-5-6-7(2)9(11)12-8(3)10/h4,6H,2H2,1,3H3. The molecule has 0 rings (SSSR count). The molecule has 0 aromatic heterocycles. The van der Waals surface area contributed by atoms with E-state index in [0.717, 1.165) is 6.92 Å². The molecule has 0 aliphatic rings. The maximum Gasteiger partial charge on any atom is 0.345 e. The predicted octanol–water partition coefficient (Wildman–Crippen LogP) is 1.36. The maximum absolute atomic E-state index is 10.8. The molecule has 0 unspecified atom stereocenters.